The Balaban J connectivity index is 1.59. The van der Waals surface area contributed by atoms with Crippen LogP contribution in [-0.2, 0) is 9.53 Å². The second-order valence-electron chi connectivity index (χ2n) is 7.92. The van der Waals surface area contributed by atoms with Crippen molar-refractivity contribution >= 4 is 17.8 Å². The number of esters is 1. The number of imide groups is 1. The van der Waals surface area contributed by atoms with Gasteiger partial charge in [-0.25, -0.2) is 0 Å². The molecular weight excluding hydrogens is 366 g/mol. The van der Waals surface area contributed by atoms with Crippen molar-refractivity contribution in [2.75, 3.05) is 6.61 Å². The Labute approximate surface area is 170 Å². The van der Waals surface area contributed by atoms with Crippen molar-refractivity contribution in [1.29, 1.82) is 0 Å². The van der Waals surface area contributed by atoms with Gasteiger partial charge in [-0.15, -0.1) is 0 Å². The maximum atomic E-state index is 13.1. The number of fused-ring (bicyclic) bond motifs is 1. The normalized spacial score (nSPS) is 17.9. The van der Waals surface area contributed by atoms with Crippen LogP contribution in [0.15, 0.2) is 48.5 Å². The zero-order chi connectivity index (χ0) is 20.4. The van der Waals surface area contributed by atoms with Gasteiger partial charge in [0.1, 0.15) is 6.61 Å². The van der Waals surface area contributed by atoms with Gasteiger partial charge >= 0.3 is 5.97 Å². The number of benzene rings is 2. The quantitative estimate of drug-likeness (QED) is 0.558. The summed E-state index contributed by atoms with van der Waals surface area (Å²) in [6.07, 6.45) is 4.94. The number of carbonyl (C=O) groups is 3. The van der Waals surface area contributed by atoms with Gasteiger partial charge in [-0.2, -0.15) is 0 Å². The summed E-state index contributed by atoms with van der Waals surface area (Å²) < 4.78 is 5.64. The van der Waals surface area contributed by atoms with E-state index in [1.54, 1.807) is 12.1 Å². The molecular formula is C24H25NO4. The molecule has 1 atom stereocenters. The lowest BCUT2D eigenvalue weighted by Crippen LogP contribution is -2.37. The minimum atomic E-state index is -0.642. The van der Waals surface area contributed by atoms with Crippen LogP contribution >= 0.6 is 0 Å². The molecule has 0 saturated heterocycles. The Morgan fingerprint density at radius 2 is 1.69 bits per heavy atom. The van der Waals surface area contributed by atoms with Crippen LogP contribution in [0, 0.1) is 12.8 Å². The van der Waals surface area contributed by atoms with Crippen LogP contribution in [0.1, 0.15) is 70.0 Å². The molecule has 2 amide bonds. The summed E-state index contributed by atoms with van der Waals surface area (Å²) in [4.78, 5) is 39.9. The molecule has 1 saturated carbocycles. The van der Waals surface area contributed by atoms with Crippen molar-refractivity contribution in [3.05, 3.63) is 70.8 Å². The monoisotopic (exact) mass is 391 g/mol. The average Bonchev–Trinajstić information content (AvgIpc) is 2.99. The summed E-state index contributed by atoms with van der Waals surface area (Å²) in [6.45, 7) is 1.87. The van der Waals surface area contributed by atoms with Crippen LogP contribution in [0.5, 0.6) is 0 Å². The molecule has 0 aromatic heterocycles. The largest absolute Gasteiger partial charge is 0.463 e. The Kier molecular flexibility index (Phi) is 5.47. The van der Waals surface area contributed by atoms with Crippen molar-refractivity contribution in [2.24, 2.45) is 5.92 Å². The SMILES string of the molecule is Cc1ccc2c(c1)C(=O)N([C@H](COC(=O)C1CCCCC1)c1ccccc1)C2=O. The first-order chi connectivity index (χ1) is 14.1. The second kappa shape index (κ2) is 8.19. The number of amides is 2. The highest BCUT2D eigenvalue weighted by molar-refractivity contribution is 6.21. The van der Waals surface area contributed by atoms with Crippen molar-refractivity contribution in [3.8, 4) is 0 Å². The average molecular weight is 391 g/mol. The maximum absolute atomic E-state index is 13.1. The number of nitrogens with zero attached hydrogens (tertiary/aromatic N) is 1. The highest BCUT2D eigenvalue weighted by atomic mass is 16.5. The topological polar surface area (TPSA) is 63.7 Å². The molecule has 0 unspecified atom stereocenters. The summed E-state index contributed by atoms with van der Waals surface area (Å²) in [5, 5.41) is 0. The molecule has 0 N–H and O–H groups in total. The van der Waals surface area contributed by atoms with E-state index in [4.69, 9.17) is 4.74 Å². The number of ether oxygens (including phenoxy) is 1. The first-order valence-electron chi connectivity index (χ1n) is 10.3. The smallest absolute Gasteiger partial charge is 0.309 e. The predicted octanol–water partition coefficient (Wildman–Crippen LogP) is 4.46. The summed E-state index contributed by atoms with van der Waals surface area (Å²) in [6, 6.07) is 13.9. The number of hydrogen-bond donors (Lipinski definition) is 0. The molecule has 2 aromatic carbocycles. The van der Waals surface area contributed by atoms with E-state index in [1.807, 2.05) is 43.3 Å². The lowest BCUT2D eigenvalue weighted by atomic mass is 9.89. The van der Waals surface area contributed by atoms with Crippen LogP contribution in [0.25, 0.3) is 0 Å². The van der Waals surface area contributed by atoms with Crippen LogP contribution in [0.2, 0.25) is 0 Å². The van der Waals surface area contributed by atoms with E-state index < -0.39 is 6.04 Å². The zero-order valence-corrected chi connectivity index (χ0v) is 16.6. The van der Waals surface area contributed by atoms with Crippen LogP contribution < -0.4 is 0 Å². The Morgan fingerprint density at radius 1 is 1.00 bits per heavy atom. The zero-order valence-electron chi connectivity index (χ0n) is 16.6. The molecule has 0 spiro atoms. The van der Waals surface area contributed by atoms with Crippen molar-refractivity contribution in [3.63, 3.8) is 0 Å². The molecule has 0 bridgehead atoms. The van der Waals surface area contributed by atoms with Gasteiger partial charge in [-0.3, -0.25) is 19.3 Å². The first kappa shape index (κ1) is 19.4. The molecule has 5 nitrogen and oxygen atoms in total. The van der Waals surface area contributed by atoms with Crippen LogP contribution in [-0.4, -0.2) is 29.3 Å². The first-order valence-corrected chi connectivity index (χ1v) is 10.3. The van der Waals surface area contributed by atoms with Gasteiger partial charge in [0.2, 0.25) is 0 Å². The molecule has 1 heterocycles. The van der Waals surface area contributed by atoms with E-state index in [0.717, 1.165) is 43.2 Å². The lowest BCUT2D eigenvalue weighted by Gasteiger charge is -2.27. The van der Waals surface area contributed by atoms with Crippen LogP contribution in [0.4, 0.5) is 0 Å². The number of carbonyl (C=O) groups excluding carboxylic acids is 3. The van der Waals surface area contributed by atoms with Gasteiger partial charge in [0.25, 0.3) is 11.8 Å². The van der Waals surface area contributed by atoms with Gasteiger partial charge in [-0.05, 0) is 37.5 Å². The molecule has 2 aromatic rings. The second-order valence-corrected chi connectivity index (χ2v) is 7.92. The van der Waals surface area contributed by atoms with Crippen molar-refractivity contribution in [1.82, 2.24) is 4.90 Å². The number of rotatable bonds is 5. The standard InChI is InChI=1S/C24H25NO4/c1-16-12-13-19-20(14-16)23(27)25(22(19)26)21(17-8-4-2-5-9-17)15-29-24(28)18-10-6-3-7-11-18/h2,4-5,8-9,12-14,18,21H,3,6-7,10-11,15H2,1H3/t21-/m1/s1. The van der Waals surface area contributed by atoms with E-state index in [9.17, 15) is 14.4 Å². The fourth-order valence-corrected chi connectivity index (χ4v) is 4.27. The minimum absolute atomic E-state index is 0.0240. The molecule has 2 aliphatic rings. The third kappa shape index (κ3) is 3.82. The molecule has 150 valence electrons. The fraction of sp³-hybridized carbons (Fsp3) is 0.375. The van der Waals surface area contributed by atoms with E-state index in [1.165, 1.54) is 4.90 Å². The minimum Gasteiger partial charge on any atom is -0.463 e. The van der Waals surface area contributed by atoms with Gasteiger partial charge in [0.15, 0.2) is 0 Å². The van der Waals surface area contributed by atoms with Gasteiger partial charge < -0.3 is 4.74 Å². The molecule has 1 aliphatic carbocycles. The summed E-state index contributed by atoms with van der Waals surface area (Å²) in [7, 11) is 0. The summed E-state index contributed by atoms with van der Waals surface area (Å²) >= 11 is 0. The summed E-state index contributed by atoms with van der Waals surface area (Å²) in [5.74, 6) is -0.980. The van der Waals surface area contributed by atoms with E-state index in [0.29, 0.717) is 11.1 Å². The molecule has 1 fully saturated rings. The molecule has 0 radical (unpaired) electrons. The number of hydrogen-bond acceptors (Lipinski definition) is 4. The fourth-order valence-electron chi connectivity index (χ4n) is 4.27. The van der Waals surface area contributed by atoms with Crippen molar-refractivity contribution in [2.45, 2.75) is 45.1 Å². The van der Waals surface area contributed by atoms with Gasteiger partial charge in [0.05, 0.1) is 23.1 Å². The van der Waals surface area contributed by atoms with Gasteiger partial charge in [0, 0.05) is 0 Å². The molecule has 4 rings (SSSR count). The third-order valence-electron chi connectivity index (χ3n) is 5.89. The van der Waals surface area contributed by atoms with Gasteiger partial charge in [-0.1, -0.05) is 61.2 Å². The van der Waals surface area contributed by atoms with Crippen molar-refractivity contribution < 1.29 is 19.1 Å². The highest BCUT2D eigenvalue weighted by Gasteiger charge is 2.41. The molecule has 5 heteroatoms. The molecule has 29 heavy (non-hydrogen) atoms. The Hall–Kier alpha value is -2.95. The van der Waals surface area contributed by atoms with E-state index >= 15 is 0 Å². The maximum Gasteiger partial charge on any atom is 0.309 e. The Bertz CT molecular complexity index is 931. The predicted molar refractivity (Wildman–Crippen MR) is 108 cm³/mol. The van der Waals surface area contributed by atoms with Crippen LogP contribution in [0.3, 0.4) is 0 Å². The molecule has 1 aliphatic heterocycles. The van der Waals surface area contributed by atoms with E-state index in [-0.39, 0.29) is 30.3 Å². The summed E-state index contributed by atoms with van der Waals surface area (Å²) in [5.41, 5.74) is 2.51. The lowest BCUT2D eigenvalue weighted by molar-refractivity contribution is -0.151. The highest BCUT2D eigenvalue weighted by Crippen LogP contribution is 2.33. The van der Waals surface area contributed by atoms with E-state index in [2.05, 4.69) is 0 Å². The Morgan fingerprint density at radius 3 is 2.41 bits per heavy atom. The number of aryl methyl sites for hydroxylation is 1. The third-order valence-corrected chi connectivity index (χ3v) is 5.89.